The Morgan fingerprint density at radius 2 is 2.12 bits per heavy atom. The predicted octanol–water partition coefficient (Wildman–Crippen LogP) is 2.85. The number of amides is 1. The van der Waals surface area contributed by atoms with Crippen molar-refractivity contribution in [1.82, 2.24) is 15.3 Å². The summed E-state index contributed by atoms with van der Waals surface area (Å²) >= 11 is 1.71. The molecule has 0 saturated carbocycles. The fourth-order valence-corrected chi connectivity index (χ4v) is 3.55. The highest BCUT2D eigenvalue weighted by Crippen LogP contribution is 2.21. The summed E-state index contributed by atoms with van der Waals surface area (Å²) < 4.78 is 1.25. The summed E-state index contributed by atoms with van der Waals surface area (Å²) in [6.07, 6.45) is 0.937. The number of aromatic nitrogens is 2. The lowest BCUT2D eigenvalue weighted by Crippen LogP contribution is -2.24. The second-order valence-corrected chi connectivity index (χ2v) is 6.75. The van der Waals surface area contributed by atoms with E-state index in [4.69, 9.17) is 0 Å². The van der Waals surface area contributed by atoms with Crippen LogP contribution in [-0.2, 0) is 17.8 Å². The first-order valence-electron chi connectivity index (χ1n) is 7.82. The van der Waals surface area contributed by atoms with Crippen LogP contribution in [0.4, 0.5) is 0 Å². The van der Waals surface area contributed by atoms with Crippen molar-refractivity contribution in [3.05, 3.63) is 62.6 Å². The maximum Gasteiger partial charge on any atom is 0.345 e. The molecule has 3 aromatic rings. The Labute approximate surface area is 143 Å². The van der Waals surface area contributed by atoms with E-state index in [0.717, 1.165) is 16.8 Å². The molecule has 1 amide bonds. The van der Waals surface area contributed by atoms with Gasteiger partial charge in [-0.2, -0.15) is 4.98 Å². The number of hydrogen-bond donors (Lipinski definition) is 2. The van der Waals surface area contributed by atoms with Crippen LogP contribution in [0.1, 0.15) is 28.9 Å². The Bertz CT molecular complexity index is 917. The van der Waals surface area contributed by atoms with E-state index in [2.05, 4.69) is 38.9 Å². The van der Waals surface area contributed by atoms with Crippen molar-refractivity contribution >= 4 is 27.3 Å². The molecule has 1 aromatic carbocycles. The third-order valence-corrected chi connectivity index (χ3v) is 4.96. The molecule has 2 heterocycles. The van der Waals surface area contributed by atoms with Gasteiger partial charge in [-0.3, -0.25) is 4.79 Å². The number of H-pyrrole nitrogens is 1. The number of carbonyl (C=O) groups excluding carboxylic acids is 1. The lowest BCUT2D eigenvalue weighted by molar-refractivity contribution is -0.121. The standard InChI is InChI=1S/C18H19N3O2S/c1-11-15(12(2)21-18(23)20-11)4-6-17(22)19-10-13-3-5-16-14(9-13)7-8-24-16/h3,5,7-9H,4,6,10H2,1-2H3,(H,19,22)(H,20,21,23). The van der Waals surface area contributed by atoms with Crippen LogP contribution in [0.3, 0.4) is 0 Å². The van der Waals surface area contributed by atoms with Crippen LogP contribution in [0, 0.1) is 13.8 Å². The minimum absolute atomic E-state index is 0.00887. The number of aromatic amines is 1. The second kappa shape index (κ2) is 6.97. The zero-order valence-corrected chi connectivity index (χ0v) is 14.5. The van der Waals surface area contributed by atoms with E-state index in [9.17, 15) is 9.59 Å². The number of benzene rings is 1. The number of carbonyl (C=O) groups is 1. The molecule has 0 bridgehead atoms. The van der Waals surface area contributed by atoms with Crippen molar-refractivity contribution < 1.29 is 4.79 Å². The van der Waals surface area contributed by atoms with Crippen LogP contribution in [0.5, 0.6) is 0 Å². The predicted molar refractivity (Wildman–Crippen MR) is 96.3 cm³/mol. The average Bonchev–Trinajstić information content (AvgIpc) is 2.99. The molecule has 0 atom stereocenters. The first kappa shape index (κ1) is 16.4. The Morgan fingerprint density at radius 1 is 1.29 bits per heavy atom. The van der Waals surface area contributed by atoms with Gasteiger partial charge in [0, 0.05) is 29.1 Å². The number of nitrogens with one attached hydrogen (secondary N) is 2. The average molecular weight is 341 g/mol. The zero-order chi connectivity index (χ0) is 17.1. The Kier molecular flexibility index (Phi) is 4.76. The van der Waals surface area contributed by atoms with Crippen molar-refractivity contribution in [2.45, 2.75) is 33.2 Å². The highest BCUT2D eigenvalue weighted by molar-refractivity contribution is 7.17. The van der Waals surface area contributed by atoms with E-state index < -0.39 is 0 Å². The first-order valence-corrected chi connectivity index (χ1v) is 8.70. The molecule has 0 radical (unpaired) electrons. The van der Waals surface area contributed by atoms with Crippen LogP contribution in [0.15, 0.2) is 34.4 Å². The summed E-state index contributed by atoms with van der Waals surface area (Å²) in [4.78, 5) is 29.9. The van der Waals surface area contributed by atoms with E-state index in [-0.39, 0.29) is 11.6 Å². The Balaban J connectivity index is 1.57. The molecule has 2 N–H and O–H groups in total. The fourth-order valence-electron chi connectivity index (χ4n) is 2.78. The van der Waals surface area contributed by atoms with Crippen LogP contribution in [0.25, 0.3) is 10.1 Å². The van der Waals surface area contributed by atoms with Gasteiger partial charge >= 0.3 is 5.69 Å². The van der Waals surface area contributed by atoms with Crippen LogP contribution in [0.2, 0.25) is 0 Å². The minimum atomic E-state index is -0.345. The molecule has 0 saturated heterocycles. The molecule has 3 rings (SSSR count). The van der Waals surface area contributed by atoms with Crippen molar-refractivity contribution in [2.75, 3.05) is 0 Å². The lowest BCUT2D eigenvalue weighted by Gasteiger charge is -2.09. The molecule has 0 fully saturated rings. The number of aryl methyl sites for hydroxylation is 2. The highest BCUT2D eigenvalue weighted by Gasteiger charge is 2.09. The van der Waals surface area contributed by atoms with E-state index in [0.29, 0.717) is 25.1 Å². The third-order valence-electron chi connectivity index (χ3n) is 4.06. The van der Waals surface area contributed by atoms with E-state index in [1.54, 1.807) is 18.3 Å². The summed E-state index contributed by atoms with van der Waals surface area (Å²) in [7, 11) is 0. The molecular weight excluding hydrogens is 322 g/mol. The highest BCUT2D eigenvalue weighted by atomic mass is 32.1. The second-order valence-electron chi connectivity index (χ2n) is 5.80. The Morgan fingerprint density at radius 3 is 2.92 bits per heavy atom. The topological polar surface area (TPSA) is 74.8 Å². The van der Waals surface area contributed by atoms with Crippen molar-refractivity contribution in [3.63, 3.8) is 0 Å². The molecule has 0 spiro atoms. The molecule has 2 aromatic heterocycles. The van der Waals surface area contributed by atoms with E-state index in [1.165, 1.54) is 10.1 Å². The SMILES string of the molecule is Cc1nc(=O)[nH]c(C)c1CCC(=O)NCc1ccc2sccc2c1. The number of fused-ring (bicyclic) bond motifs is 1. The molecular formula is C18H19N3O2S. The molecule has 5 nitrogen and oxygen atoms in total. The maximum atomic E-state index is 12.1. The molecule has 0 unspecified atom stereocenters. The molecule has 0 aliphatic heterocycles. The quantitative estimate of drug-likeness (QED) is 0.749. The number of nitrogens with zero attached hydrogens (tertiary/aromatic N) is 1. The van der Waals surface area contributed by atoms with E-state index in [1.807, 2.05) is 13.0 Å². The monoisotopic (exact) mass is 341 g/mol. The van der Waals surface area contributed by atoms with Crippen LogP contribution in [-0.4, -0.2) is 15.9 Å². The van der Waals surface area contributed by atoms with Crippen LogP contribution >= 0.6 is 11.3 Å². The lowest BCUT2D eigenvalue weighted by atomic mass is 10.1. The van der Waals surface area contributed by atoms with Gasteiger partial charge in [0.1, 0.15) is 0 Å². The zero-order valence-electron chi connectivity index (χ0n) is 13.7. The van der Waals surface area contributed by atoms with Gasteiger partial charge in [0.25, 0.3) is 0 Å². The number of rotatable bonds is 5. The van der Waals surface area contributed by atoms with Crippen molar-refractivity contribution in [1.29, 1.82) is 0 Å². The van der Waals surface area contributed by atoms with Crippen molar-refractivity contribution in [3.8, 4) is 0 Å². The summed E-state index contributed by atoms with van der Waals surface area (Å²) in [5.74, 6) is -0.00887. The third kappa shape index (κ3) is 3.71. The molecule has 24 heavy (non-hydrogen) atoms. The van der Waals surface area contributed by atoms with Gasteiger partial charge in [-0.1, -0.05) is 6.07 Å². The van der Waals surface area contributed by atoms with Gasteiger partial charge in [0.05, 0.1) is 0 Å². The van der Waals surface area contributed by atoms with Gasteiger partial charge in [0.15, 0.2) is 0 Å². The first-order chi connectivity index (χ1) is 11.5. The van der Waals surface area contributed by atoms with Gasteiger partial charge in [-0.05, 0) is 60.4 Å². The van der Waals surface area contributed by atoms with Gasteiger partial charge in [-0.15, -0.1) is 11.3 Å². The van der Waals surface area contributed by atoms with Crippen molar-refractivity contribution in [2.24, 2.45) is 0 Å². The smallest absolute Gasteiger partial charge is 0.345 e. The Hall–Kier alpha value is -2.47. The van der Waals surface area contributed by atoms with Gasteiger partial charge < -0.3 is 10.3 Å². The van der Waals surface area contributed by atoms with Crippen LogP contribution < -0.4 is 11.0 Å². The fraction of sp³-hybridized carbons (Fsp3) is 0.278. The summed E-state index contributed by atoms with van der Waals surface area (Å²) in [6, 6.07) is 8.31. The van der Waals surface area contributed by atoms with Gasteiger partial charge in [0.2, 0.25) is 5.91 Å². The maximum absolute atomic E-state index is 12.1. The molecule has 124 valence electrons. The minimum Gasteiger partial charge on any atom is -0.352 e. The largest absolute Gasteiger partial charge is 0.352 e. The molecule has 0 aliphatic rings. The normalized spacial score (nSPS) is 10.9. The summed E-state index contributed by atoms with van der Waals surface area (Å²) in [6.45, 7) is 4.15. The summed E-state index contributed by atoms with van der Waals surface area (Å²) in [5, 5.41) is 6.22. The number of thiophene rings is 1. The molecule has 6 heteroatoms. The van der Waals surface area contributed by atoms with Gasteiger partial charge in [-0.25, -0.2) is 4.79 Å². The van der Waals surface area contributed by atoms with E-state index >= 15 is 0 Å². The number of hydrogen-bond acceptors (Lipinski definition) is 4. The molecule has 0 aliphatic carbocycles. The summed E-state index contributed by atoms with van der Waals surface area (Å²) in [5.41, 5.74) is 3.15.